The molecule has 0 saturated carbocycles. The van der Waals surface area contributed by atoms with Crippen LogP contribution in [0, 0.1) is 5.92 Å². The molecule has 0 radical (unpaired) electrons. The summed E-state index contributed by atoms with van der Waals surface area (Å²) in [6, 6.07) is 3.24. The van der Waals surface area contributed by atoms with Gasteiger partial charge in [0.15, 0.2) is 11.5 Å². The highest BCUT2D eigenvalue weighted by atomic mass is 16.5. The van der Waals surface area contributed by atoms with Crippen molar-refractivity contribution >= 4 is 11.8 Å². The highest BCUT2D eigenvalue weighted by Gasteiger charge is 2.28. The van der Waals surface area contributed by atoms with E-state index >= 15 is 0 Å². The van der Waals surface area contributed by atoms with E-state index in [0.717, 1.165) is 24.1 Å². The van der Waals surface area contributed by atoms with Crippen molar-refractivity contribution < 1.29 is 33.1 Å². The zero-order valence-corrected chi connectivity index (χ0v) is 20.9. The van der Waals surface area contributed by atoms with Crippen LogP contribution in [0.2, 0.25) is 0 Å². The van der Waals surface area contributed by atoms with Crippen molar-refractivity contribution in [3.8, 4) is 17.2 Å². The van der Waals surface area contributed by atoms with E-state index in [-0.39, 0.29) is 35.5 Å². The van der Waals surface area contributed by atoms with Crippen LogP contribution in [0.3, 0.4) is 0 Å². The molecular weight excluding hydrogens is 412 g/mol. The van der Waals surface area contributed by atoms with Crippen molar-refractivity contribution in [2.24, 2.45) is 5.92 Å². The zero-order chi connectivity index (χ0) is 24.5. The largest absolute Gasteiger partial charge is 0.502 e. The first-order valence-corrected chi connectivity index (χ1v) is 10.9. The summed E-state index contributed by atoms with van der Waals surface area (Å²) >= 11 is 0. The van der Waals surface area contributed by atoms with E-state index in [2.05, 4.69) is 31.7 Å². The fourth-order valence-electron chi connectivity index (χ4n) is 3.01. The van der Waals surface area contributed by atoms with Crippen molar-refractivity contribution in [1.29, 1.82) is 0 Å². The van der Waals surface area contributed by atoms with Gasteiger partial charge in [0.05, 0.1) is 82.2 Å². The summed E-state index contributed by atoms with van der Waals surface area (Å²) in [6.45, 7) is 5.48. The first kappa shape index (κ1) is 27.5. The van der Waals surface area contributed by atoms with Crippen LogP contribution in [0.4, 0.5) is 0 Å². The Morgan fingerprint density at radius 2 is 1.41 bits per heavy atom. The quantitative estimate of drug-likeness (QED) is 0.300. The predicted octanol–water partition coefficient (Wildman–Crippen LogP) is 0.603. The third-order valence-corrected chi connectivity index (χ3v) is 5.57. The van der Waals surface area contributed by atoms with Crippen LogP contribution in [0.5, 0.6) is 17.2 Å². The van der Waals surface area contributed by atoms with Gasteiger partial charge >= 0.3 is 0 Å². The van der Waals surface area contributed by atoms with Gasteiger partial charge in [-0.25, -0.2) is 0 Å². The number of carbonyl (C=O) groups excluding carboxylic acids is 2. The highest BCUT2D eigenvalue weighted by molar-refractivity contribution is 6.00. The SMILES string of the molecule is CC[N+](C)(C)CCNC(=O)C(Cc1cc(OC)c(O)c(OC)c1)C(=O)NCC[N+](C)(C)C. The maximum Gasteiger partial charge on any atom is 0.233 e. The summed E-state index contributed by atoms with van der Waals surface area (Å²) in [6.07, 6.45) is 0.154. The molecule has 9 heteroatoms. The molecule has 0 aromatic heterocycles. The lowest BCUT2D eigenvalue weighted by molar-refractivity contribution is -0.887. The van der Waals surface area contributed by atoms with E-state index in [1.54, 1.807) is 12.1 Å². The molecule has 0 aliphatic heterocycles. The van der Waals surface area contributed by atoms with Gasteiger partial charge in [-0.1, -0.05) is 0 Å². The van der Waals surface area contributed by atoms with Crippen LogP contribution in [0.15, 0.2) is 12.1 Å². The molecular formula is C23H42N4O5+2. The Kier molecular flexibility index (Phi) is 10.2. The lowest BCUT2D eigenvalue weighted by atomic mass is 9.96. The van der Waals surface area contributed by atoms with Crippen LogP contribution >= 0.6 is 0 Å². The molecule has 9 nitrogen and oxygen atoms in total. The molecule has 182 valence electrons. The number of methoxy groups -OCH3 is 2. The van der Waals surface area contributed by atoms with Crippen LogP contribution < -0.4 is 20.1 Å². The van der Waals surface area contributed by atoms with E-state index in [1.165, 1.54) is 14.2 Å². The standard InChI is InChI=1S/C23H40N4O5/c1-9-27(5,6)13-11-25-23(30)18(22(29)24-10-12-26(2,3)4)14-17-15-19(31-7)21(28)20(16-17)32-8/h15-16,18H,9-14H2,1-8H3,(H-2,24,25,28,29,30)/p+2. The minimum Gasteiger partial charge on any atom is -0.502 e. The monoisotopic (exact) mass is 454 g/mol. The average Bonchev–Trinajstić information content (AvgIpc) is 2.71. The number of amides is 2. The topological polar surface area (TPSA) is 96.9 Å². The van der Waals surface area contributed by atoms with E-state index in [9.17, 15) is 14.7 Å². The van der Waals surface area contributed by atoms with Gasteiger partial charge in [0.2, 0.25) is 17.6 Å². The molecule has 1 aromatic rings. The van der Waals surface area contributed by atoms with Crippen molar-refractivity contribution in [2.45, 2.75) is 13.3 Å². The molecule has 0 aliphatic rings. The van der Waals surface area contributed by atoms with Gasteiger partial charge in [0.1, 0.15) is 5.92 Å². The van der Waals surface area contributed by atoms with E-state index in [1.807, 2.05) is 21.1 Å². The molecule has 0 saturated heterocycles. The van der Waals surface area contributed by atoms with Crippen LogP contribution in [0.1, 0.15) is 12.5 Å². The van der Waals surface area contributed by atoms with Crippen molar-refractivity contribution in [3.05, 3.63) is 17.7 Å². The summed E-state index contributed by atoms with van der Waals surface area (Å²) in [7, 11) is 13.2. The summed E-state index contributed by atoms with van der Waals surface area (Å²) in [5.74, 6) is -1.23. The number of phenolic OH excluding ortho intramolecular Hbond substituents is 1. The number of phenols is 1. The minimum absolute atomic E-state index is 0.119. The summed E-state index contributed by atoms with van der Waals surface area (Å²) < 4.78 is 11.9. The number of ether oxygens (including phenoxy) is 2. The fourth-order valence-corrected chi connectivity index (χ4v) is 3.01. The van der Waals surface area contributed by atoms with Gasteiger partial charge in [-0.05, 0) is 31.0 Å². The number of nitrogens with one attached hydrogen (secondary N) is 2. The van der Waals surface area contributed by atoms with Crippen LogP contribution in [-0.2, 0) is 16.0 Å². The van der Waals surface area contributed by atoms with Crippen LogP contribution in [-0.4, -0.2) is 108 Å². The van der Waals surface area contributed by atoms with Crippen molar-refractivity contribution in [3.63, 3.8) is 0 Å². The molecule has 3 N–H and O–H groups in total. The Morgan fingerprint density at radius 3 is 1.81 bits per heavy atom. The van der Waals surface area contributed by atoms with E-state index in [0.29, 0.717) is 23.1 Å². The second-order valence-electron chi connectivity index (χ2n) is 9.68. The Bertz CT molecular complexity index is 749. The second kappa shape index (κ2) is 11.9. The van der Waals surface area contributed by atoms with Gasteiger partial charge in [0, 0.05) is 0 Å². The number of likely N-dealkylation sites (N-methyl/N-ethyl adjacent to an activating group) is 2. The molecule has 0 heterocycles. The summed E-state index contributed by atoms with van der Waals surface area (Å²) in [5, 5.41) is 16.0. The van der Waals surface area contributed by atoms with Gasteiger partial charge < -0.3 is 34.2 Å². The Labute approximate surface area is 192 Å². The molecule has 1 unspecified atom stereocenters. The molecule has 32 heavy (non-hydrogen) atoms. The Balaban J connectivity index is 3.03. The van der Waals surface area contributed by atoms with Gasteiger partial charge in [-0.2, -0.15) is 0 Å². The van der Waals surface area contributed by atoms with Crippen molar-refractivity contribution in [2.75, 3.05) is 82.2 Å². The predicted molar refractivity (Wildman–Crippen MR) is 125 cm³/mol. The number of benzene rings is 1. The maximum absolute atomic E-state index is 13.0. The normalized spacial score (nSPS) is 12.8. The summed E-state index contributed by atoms with van der Waals surface area (Å²) in [4.78, 5) is 26.0. The first-order valence-electron chi connectivity index (χ1n) is 10.9. The molecule has 1 rings (SSSR count). The minimum atomic E-state index is -0.918. The lowest BCUT2D eigenvalue weighted by Crippen LogP contribution is -2.49. The number of hydrogen-bond donors (Lipinski definition) is 3. The lowest BCUT2D eigenvalue weighted by Gasteiger charge is -2.28. The molecule has 1 aromatic carbocycles. The number of rotatable bonds is 13. The van der Waals surface area contributed by atoms with Gasteiger partial charge in [-0.15, -0.1) is 0 Å². The number of nitrogens with zero attached hydrogens (tertiary/aromatic N) is 2. The van der Waals surface area contributed by atoms with Gasteiger partial charge in [0.25, 0.3) is 0 Å². The number of quaternary nitrogens is 2. The Hall–Kier alpha value is -2.52. The molecule has 0 bridgehead atoms. The van der Waals surface area contributed by atoms with E-state index < -0.39 is 5.92 Å². The number of aromatic hydroxyl groups is 1. The average molecular weight is 455 g/mol. The van der Waals surface area contributed by atoms with Crippen LogP contribution in [0.25, 0.3) is 0 Å². The summed E-state index contributed by atoms with van der Waals surface area (Å²) in [5.41, 5.74) is 0.656. The first-order chi connectivity index (χ1) is 14.8. The molecule has 0 fully saturated rings. The van der Waals surface area contributed by atoms with Crippen molar-refractivity contribution in [1.82, 2.24) is 10.6 Å². The highest BCUT2D eigenvalue weighted by Crippen LogP contribution is 2.37. The molecule has 2 amide bonds. The fraction of sp³-hybridized carbons (Fsp3) is 0.652. The van der Waals surface area contributed by atoms with E-state index in [4.69, 9.17) is 9.47 Å². The third kappa shape index (κ3) is 8.92. The van der Waals surface area contributed by atoms with Gasteiger partial charge in [-0.3, -0.25) is 9.59 Å². The maximum atomic E-state index is 13.0. The Morgan fingerprint density at radius 1 is 0.938 bits per heavy atom. The molecule has 0 spiro atoms. The zero-order valence-electron chi connectivity index (χ0n) is 20.9. The second-order valence-corrected chi connectivity index (χ2v) is 9.68. The molecule has 1 atom stereocenters. The number of hydrogen-bond acceptors (Lipinski definition) is 5. The smallest absolute Gasteiger partial charge is 0.233 e. The third-order valence-electron chi connectivity index (χ3n) is 5.57. The number of carbonyl (C=O) groups is 2. The molecule has 0 aliphatic carbocycles.